The van der Waals surface area contributed by atoms with E-state index in [-0.39, 0.29) is 50.9 Å². The van der Waals surface area contributed by atoms with Gasteiger partial charge in [-0.25, -0.2) is 9.59 Å². The summed E-state index contributed by atoms with van der Waals surface area (Å²) in [5, 5.41) is 40.5. The quantitative estimate of drug-likeness (QED) is 0.281. The van der Waals surface area contributed by atoms with E-state index in [4.69, 9.17) is 19.7 Å². The van der Waals surface area contributed by atoms with Crippen LogP contribution in [0.1, 0.15) is 31.8 Å². The number of hydrogen-bond donors (Lipinski definition) is 2. The van der Waals surface area contributed by atoms with E-state index >= 15 is 0 Å². The number of aromatic carboxylic acids is 2. The van der Waals surface area contributed by atoms with Gasteiger partial charge < -0.3 is 29.9 Å². The monoisotopic (exact) mass is 599 g/mol. The van der Waals surface area contributed by atoms with E-state index in [0.717, 1.165) is 0 Å². The smallest absolute Gasteiger partial charge is 0.870 e. The fourth-order valence-electron chi connectivity index (χ4n) is 3.27. The minimum absolute atomic E-state index is 0. The second-order valence-corrected chi connectivity index (χ2v) is 8.05. The van der Waals surface area contributed by atoms with Gasteiger partial charge in [-0.2, -0.15) is 0 Å². The zero-order valence-electron chi connectivity index (χ0n) is 21.8. The van der Waals surface area contributed by atoms with E-state index in [2.05, 4.69) is 9.98 Å². The predicted octanol–water partition coefficient (Wildman–Crippen LogP) is 4.43. The maximum atomic E-state index is 11.4. The fourth-order valence-corrected chi connectivity index (χ4v) is 3.27. The van der Waals surface area contributed by atoms with Crippen LogP contribution in [-0.4, -0.2) is 48.8 Å². The van der Waals surface area contributed by atoms with E-state index in [1.54, 1.807) is 61.0 Å². The first kappa shape index (κ1) is 32.1. The Bertz CT molecular complexity index is 1450. The van der Waals surface area contributed by atoms with E-state index < -0.39 is 11.9 Å². The third-order valence-electron chi connectivity index (χ3n) is 5.29. The van der Waals surface area contributed by atoms with Gasteiger partial charge in [-0.05, 0) is 59.7 Å². The number of carbonyl (C=O) groups is 2. The topological polar surface area (TPSA) is 164 Å². The standard InChI is InChI=1S/2C15H13NO4.Co/c2*1-20-14-7-10(5-6-13(14)17)9-16-12-4-2-3-11(8-12)15(18)19;/h2*2-9,17H,1H3,(H,18,19);/q;;+2/p-2. The predicted molar refractivity (Wildman–Crippen MR) is 146 cm³/mol. The minimum atomic E-state index is -1.00. The fraction of sp³-hybridized carbons (Fsp3) is 0.0667. The number of hydrogen-bond acceptors (Lipinski definition) is 8. The van der Waals surface area contributed by atoms with Crippen molar-refractivity contribution in [2.24, 2.45) is 9.98 Å². The average molecular weight is 599 g/mol. The molecule has 0 atom stereocenters. The van der Waals surface area contributed by atoms with Crippen molar-refractivity contribution in [3.05, 3.63) is 107 Å². The van der Waals surface area contributed by atoms with Crippen LogP contribution in [-0.2, 0) is 16.8 Å². The number of carboxylic acids is 2. The molecule has 0 unspecified atom stereocenters. The molecule has 4 rings (SSSR count). The number of rotatable bonds is 8. The van der Waals surface area contributed by atoms with Crippen molar-refractivity contribution in [3.8, 4) is 23.0 Å². The molecule has 0 aliphatic rings. The van der Waals surface area contributed by atoms with Crippen LogP contribution in [0.4, 0.5) is 11.4 Å². The summed E-state index contributed by atoms with van der Waals surface area (Å²) in [4.78, 5) is 30.0. The van der Waals surface area contributed by atoms with Gasteiger partial charge in [0.05, 0.1) is 36.7 Å². The Balaban J connectivity index is 0.000000280. The molecule has 0 saturated carbocycles. The summed E-state index contributed by atoms with van der Waals surface area (Å²) in [5.41, 5.74) is 2.79. The van der Waals surface area contributed by atoms with Gasteiger partial charge in [0, 0.05) is 12.4 Å². The van der Waals surface area contributed by atoms with Gasteiger partial charge in [-0.3, -0.25) is 9.98 Å². The first-order valence-corrected chi connectivity index (χ1v) is 11.6. The van der Waals surface area contributed by atoms with E-state index in [1.807, 2.05) is 0 Å². The summed E-state index contributed by atoms with van der Waals surface area (Å²) in [5.74, 6) is -1.91. The molecule has 0 spiro atoms. The van der Waals surface area contributed by atoms with Crippen molar-refractivity contribution in [2.45, 2.75) is 0 Å². The molecule has 4 aromatic rings. The van der Waals surface area contributed by atoms with Crippen LogP contribution in [0.15, 0.2) is 94.9 Å². The Kier molecular flexibility index (Phi) is 12.1. The van der Waals surface area contributed by atoms with Gasteiger partial charge in [0.25, 0.3) is 0 Å². The SMILES string of the molecule is COc1cc(C=Nc2cccc(C(=O)O)c2)ccc1[O-].COc1cc(C=Nc2cccc(C(=O)O)c2)ccc1[O-].[Co+2]. The maximum Gasteiger partial charge on any atom is 2.00 e. The number of benzene rings is 4. The molecule has 11 heteroatoms. The molecule has 0 amide bonds. The molecule has 41 heavy (non-hydrogen) atoms. The normalized spacial score (nSPS) is 10.4. The summed E-state index contributed by atoms with van der Waals surface area (Å²) in [6.45, 7) is 0. The molecule has 1 radical (unpaired) electrons. The molecule has 0 aromatic heterocycles. The summed E-state index contributed by atoms with van der Waals surface area (Å²) in [7, 11) is 2.85. The molecule has 0 bridgehead atoms. The van der Waals surface area contributed by atoms with Gasteiger partial charge >= 0.3 is 28.7 Å². The maximum absolute atomic E-state index is 11.4. The van der Waals surface area contributed by atoms with E-state index in [0.29, 0.717) is 22.5 Å². The van der Waals surface area contributed by atoms with Gasteiger partial charge in [0.1, 0.15) is 11.5 Å². The van der Waals surface area contributed by atoms with Crippen molar-refractivity contribution in [2.75, 3.05) is 14.2 Å². The first-order valence-electron chi connectivity index (χ1n) is 11.6. The molecule has 0 saturated heterocycles. The van der Waals surface area contributed by atoms with Crippen LogP contribution < -0.4 is 19.7 Å². The zero-order valence-corrected chi connectivity index (χ0v) is 22.9. The van der Waals surface area contributed by atoms with Crippen LogP contribution in [0.2, 0.25) is 0 Å². The Hall–Kier alpha value is -5.13. The van der Waals surface area contributed by atoms with Gasteiger partial charge in [-0.15, -0.1) is 0 Å². The minimum Gasteiger partial charge on any atom is -0.870 e. The first-order chi connectivity index (χ1) is 19.2. The third-order valence-corrected chi connectivity index (χ3v) is 5.29. The molecular weight excluding hydrogens is 575 g/mol. The van der Waals surface area contributed by atoms with E-state index in [9.17, 15) is 19.8 Å². The number of ether oxygens (including phenoxy) is 2. The third kappa shape index (κ3) is 9.53. The summed E-state index contributed by atoms with van der Waals surface area (Å²) in [6, 6.07) is 21.8. The molecule has 0 heterocycles. The van der Waals surface area contributed by atoms with Gasteiger partial charge in [0.2, 0.25) is 0 Å². The largest absolute Gasteiger partial charge is 2.00 e. The number of aliphatic imine (C=N–C) groups is 2. The van der Waals surface area contributed by atoms with Gasteiger partial charge in [-0.1, -0.05) is 47.9 Å². The van der Waals surface area contributed by atoms with Crippen LogP contribution in [0.3, 0.4) is 0 Å². The van der Waals surface area contributed by atoms with Crippen LogP contribution in [0.5, 0.6) is 23.0 Å². The molecule has 0 aliphatic heterocycles. The number of methoxy groups -OCH3 is 2. The Morgan fingerprint density at radius 3 is 1.39 bits per heavy atom. The van der Waals surface area contributed by atoms with Crippen molar-refractivity contribution < 1.29 is 56.3 Å². The summed E-state index contributed by atoms with van der Waals surface area (Å²) in [6.07, 6.45) is 3.09. The van der Waals surface area contributed by atoms with Crippen molar-refractivity contribution in [1.82, 2.24) is 0 Å². The van der Waals surface area contributed by atoms with E-state index in [1.165, 1.54) is 50.6 Å². The zero-order chi connectivity index (χ0) is 29.1. The second-order valence-electron chi connectivity index (χ2n) is 8.05. The van der Waals surface area contributed by atoms with Crippen molar-refractivity contribution >= 4 is 35.7 Å². The van der Waals surface area contributed by atoms with Crippen LogP contribution >= 0.6 is 0 Å². The number of nitrogens with zero attached hydrogens (tertiary/aromatic N) is 2. The number of carboxylic acid groups (broad SMARTS) is 2. The molecule has 0 fully saturated rings. The van der Waals surface area contributed by atoms with Crippen molar-refractivity contribution in [1.29, 1.82) is 0 Å². The molecule has 0 aliphatic carbocycles. The molecule has 4 aromatic carbocycles. The molecular formula is C30H24CoN2O8. The molecule has 211 valence electrons. The van der Waals surface area contributed by atoms with Crippen LogP contribution in [0, 0.1) is 0 Å². The van der Waals surface area contributed by atoms with Crippen LogP contribution in [0.25, 0.3) is 0 Å². The van der Waals surface area contributed by atoms with Gasteiger partial charge in [0.15, 0.2) is 0 Å². The Morgan fingerprint density at radius 1 is 0.659 bits per heavy atom. The Labute approximate surface area is 246 Å². The summed E-state index contributed by atoms with van der Waals surface area (Å²) < 4.78 is 9.87. The average Bonchev–Trinajstić information content (AvgIpc) is 2.97. The second kappa shape index (κ2) is 15.5. The Morgan fingerprint density at radius 2 is 1.05 bits per heavy atom. The molecule has 2 N–H and O–H groups in total. The summed E-state index contributed by atoms with van der Waals surface area (Å²) >= 11 is 0. The molecule has 10 nitrogen and oxygen atoms in total. The van der Waals surface area contributed by atoms with Crippen molar-refractivity contribution in [3.63, 3.8) is 0 Å².